The van der Waals surface area contributed by atoms with Gasteiger partial charge in [-0.2, -0.15) is 0 Å². The Morgan fingerprint density at radius 3 is 0.161 bits per heavy atom. The van der Waals surface area contributed by atoms with Gasteiger partial charge in [-0.15, -0.1) is 121 Å². The summed E-state index contributed by atoms with van der Waals surface area (Å²) in [6.45, 7) is 0. The van der Waals surface area contributed by atoms with E-state index in [2.05, 4.69) is 0 Å². The summed E-state index contributed by atoms with van der Waals surface area (Å²) in [5.74, 6) is 0. The summed E-state index contributed by atoms with van der Waals surface area (Å²) in [5, 5.41) is 164. The maximum atomic E-state index is 8.36. The molecule has 0 unspecified atom stereocenters. The Labute approximate surface area is 638 Å². The van der Waals surface area contributed by atoms with E-state index < -0.39 is 61.0 Å². The summed E-state index contributed by atoms with van der Waals surface area (Å²) in [7, 11) is 0. The van der Waals surface area contributed by atoms with E-state index in [9.17, 15) is 0 Å². The molecule has 0 fully saturated rings. The van der Waals surface area contributed by atoms with Crippen molar-refractivity contribution in [1.82, 2.24) is 0 Å². The van der Waals surface area contributed by atoms with Crippen molar-refractivity contribution < 1.29 is 124 Å². The van der Waals surface area contributed by atoms with Gasteiger partial charge in [0.25, 0.3) is 61.0 Å². The van der Waals surface area contributed by atoms with Gasteiger partial charge in [0.1, 0.15) is 0 Å². The molecule has 0 aromatic carbocycles. The molecule has 0 aromatic rings. The van der Waals surface area contributed by atoms with Gasteiger partial charge >= 0.3 is 411 Å². The Balaban J connectivity index is -0.0000000138. The molecule has 48 nitrogen and oxygen atoms in total. The second-order valence-corrected chi connectivity index (χ2v) is 2.85. The van der Waals surface area contributed by atoms with Crippen molar-refractivity contribution in [2.45, 2.75) is 0 Å². The van der Waals surface area contributed by atoms with Gasteiger partial charge in [0.15, 0.2) is 0 Å². The van der Waals surface area contributed by atoms with Crippen LogP contribution in [0.2, 0.25) is 0 Å². The molecule has 0 saturated carbocycles. The summed E-state index contributed by atoms with van der Waals surface area (Å²) in [4.78, 5) is 100. The Kier molecular flexibility index (Phi) is 289. The topological polar surface area (TPSA) is 760 Å². The van der Waals surface area contributed by atoms with Crippen LogP contribution < -0.4 is 0 Å². The second kappa shape index (κ2) is 124. The van der Waals surface area contributed by atoms with Crippen LogP contribution in [0, 0.1) is 121 Å². The first-order valence-electron chi connectivity index (χ1n) is 6.78. The van der Waals surface area contributed by atoms with Gasteiger partial charge < -0.3 is 62.5 Å². The number of hydrogen-bond donors (Lipinski definition) is 12. The van der Waals surface area contributed by atoms with E-state index in [4.69, 9.17) is 184 Å². The Morgan fingerprint density at radius 2 is 0.161 bits per heavy atom. The second-order valence-electron chi connectivity index (χ2n) is 2.85. The van der Waals surface area contributed by atoms with Crippen LogP contribution in [-0.4, -0.2) is 535 Å². The van der Waals surface area contributed by atoms with Crippen LogP contribution in [0.25, 0.3) is 0 Å². The summed E-state index contributed by atoms with van der Waals surface area (Å²) < 4.78 is 0. The zero-order valence-corrected chi connectivity index (χ0v) is 20.5. The fourth-order valence-corrected chi connectivity index (χ4v) is 0. The molecule has 56 heteroatoms. The van der Waals surface area contributed by atoms with E-state index in [1.165, 1.54) is 0 Å². The summed E-state index contributed by atoms with van der Waals surface area (Å²) >= 11 is 0. The standard InChI is InChI=1S/8K.12HNO3.8H/c;;;;;;;;12*2-1(3)4;;;;;;;;/h;;;;;;;;12*(H,2,3,4);;;;;;;;. The van der Waals surface area contributed by atoms with Crippen LogP contribution in [0.15, 0.2) is 0 Å². The molecule has 0 heterocycles. The van der Waals surface area contributed by atoms with Crippen LogP contribution >= 0.6 is 0 Å². The third-order valence-corrected chi connectivity index (χ3v) is 0. The Morgan fingerprint density at radius 1 is 0.161 bits per heavy atom. The van der Waals surface area contributed by atoms with Crippen molar-refractivity contribution in [2.24, 2.45) is 0 Å². The van der Waals surface area contributed by atoms with Gasteiger partial charge in [-0.1, -0.05) is 0 Å². The third kappa shape index (κ3) is 15100. The van der Waals surface area contributed by atoms with Crippen LogP contribution in [0.3, 0.4) is 0 Å². The zero-order chi connectivity index (χ0) is 42.9. The van der Waals surface area contributed by atoms with Crippen LogP contribution in [-0.2, 0) is 0 Å². The van der Waals surface area contributed by atoms with Gasteiger partial charge in [-0.05, 0) is 0 Å². The van der Waals surface area contributed by atoms with Gasteiger partial charge in [-0.3, -0.25) is 0 Å². The molecular formula is H20K8N12O36. The van der Waals surface area contributed by atoms with Crippen molar-refractivity contribution >= 4 is 411 Å². The molecule has 304 valence electrons. The molecule has 56 heavy (non-hydrogen) atoms. The zero-order valence-electron chi connectivity index (χ0n) is 20.5. The van der Waals surface area contributed by atoms with E-state index in [0.717, 1.165) is 0 Å². The number of nitrogens with zero attached hydrogens (tertiary/aromatic N) is 12. The molecule has 0 aliphatic rings. The predicted octanol–water partition coefficient (Wildman–Crippen LogP) is -9.36. The minimum atomic E-state index is -1.50. The van der Waals surface area contributed by atoms with Crippen molar-refractivity contribution in [3.05, 3.63) is 121 Å². The van der Waals surface area contributed by atoms with E-state index in [1.54, 1.807) is 0 Å². The molecule has 0 aliphatic heterocycles. The van der Waals surface area contributed by atoms with Crippen LogP contribution in [0.1, 0.15) is 0 Å². The van der Waals surface area contributed by atoms with Crippen molar-refractivity contribution in [2.75, 3.05) is 0 Å². The average molecular weight is 1080 g/mol. The number of rotatable bonds is 0. The minimum absolute atomic E-state index is 0. The molecule has 0 atom stereocenters. The first-order valence-corrected chi connectivity index (χ1v) is 6.78. The molecule has 12 N–H and O–H groups in total. The molecule has 0 aromatic heterocycles. The SMILES string of the molecule is O=[N+]([O-])O.O=[N+]([O-])O.O=[N+]([O-])O.O=[N+]([O-])O.O=[N+]([O-])O.O=[N+]([O-])O.O=[N+]([O-])O.O=[N+]([O-])O.O=[N+]([O-])O.O=[N+]([O-])O.O=[N+]([O-])O.O=[N+]([O-])O.[KH].[KH].[KH].[KH].[KH].[KH].[KH].[KH]. The quantitative estimate of drug-likeness (QED) is 0.0609. The van der Waals surface area contributed by atoms with Gasteiger partial charge in [0.2, 0.25) is 0 Å². The molecule has 0 rings (SSSR count). The van der Waals surface area contributed by atoms with Crippen molar-refractivity contribution in [3.63, 3.8) is 0 Å². The average Bonchev–Trinajstić information content (AvgIpc) is 2.61. The van der Waals surface area contributed by atoms with Crippen molar-refractivity contribution in [3.8, 4) is 0 Å². The fraction of sp³-hybridized carbons (Fsp3) is 0. The van der Waals surface area contributed by atoms with E-state index >= 15 is 0 Å². The van der Waals surface area contributed by atoms with E-state index in [0.29, 0.717) is 0 Å². The molecule has 0 radical (unpaired) electrons. The van der Waals surface area contributed by atoms with Gasteiger partial charge in [-0.25, -0.2) is 0 Å². The first-order chi connectivity index (χ1) is 20.8. The molecule has 0 aliphatic carbocycles. The molecule has 0 spiro atoms. The van der Waals surface area contributed by atoms with Crippen LogP contribution in [0.4, 0.5) is 0 Å². The Hall–Kier alpha value is 3.49. The predicted molar refractivity (Wildman–Crippen MR) is 163 cm³/mol. The van der Waals surface area contributed by atoms with Gasteiger partial charge in [0, 0.05) is 0 Å². The van der Waals surface area contributed by atoms with Gasteiger partial charge in [0.05, 0.1) is 0 Å². The molecular weight excluding hydrogens is 1060 g/mol. The van der Waals surface area contributed by atoms with E-state index in [1.807, 2.05) is 0 Å². The summed E-state index contributed by atoms with van der Waals surface area (Å²) in [6, 6.07) is 0. The Bertz CT molecular complexity index is 606. The van der Waals surface area contributed by atoms with E-state index in [-0.39, 0.29) is 411 Å². The first kappa shape index (κ1) is 131. The summed E-state index contributed by atoms with van der Waals surface area (Å²) in [6.07, 6.45) is 0. The van der Waals surface area contributed by atoms with Crippen LogP contribution in [0.5, 0.6) is 0 Å². The monoisotopic (exact) mass is 1080 g/mol. The molecule has 0 bridgehead atoms. The maximum absolute atomic E-state index is 8.36. The third-order valence-electron chi connectivity index (χ3n) is 0. The molecule has 0 saturated heterocycles. The molecule has 0 amide bonds. The fourth-order valence-electron chi connectivity index (χ4n) is 0. The van der Waals surface area contributed by atoms with Crippen molar-refractivity contribution in [1.29, 1.82) is 0 Å². The number of hydrogen-bond acceptors (Lipinski definition) is 24. The summed E-state index contributed by atoms with van der Waals surface area (Å²) in [5.41, 5.74) is 0. The normalized spacial score (nSPS) is 5.14.